The van der Waals surface area contributed by atoms with E-state index in [1.807, 2.05) is 36.3 Å². The number of thioether (sulfide) groups is 1. The quantitative estimate of drug-likeness (QED) is 0.835. The van der Waals surface area contributed by atoms with E-state index in [4.69, 9.17) is 0 Å². The summed E-state index contributed by atoms with van der Waals surface area (Å²) in [4.78, 5) is 25.7. The van der Waals surface area contributed by atoms with Gasteiger partial charge in [0.05, 0.1) is 5.25 Å². The van der Waals surface area contributed by atoms with Gasteiger partial charge in [0.2, 0.25) is 11.8 Å². The molecule has 0 aliphatic carbocycles. The summed E-state index contributed by atoms with van der Waals surface area (Å²) in [5, 5.41) is 2.92. The van der Waals surface area contributed by atoms with Crippen molar-refractivity contribution in [3.8, 4) is 0 Å². The van der Waals surface area contributed by atoms with Gasteiger partial charge in [-0.1, -0.05) is 30.3 Å². The van der Waals surface area contributed by atoms with E-state index in [9.17, 15) is 9.59 Å². The van der Waals surface area contributed by atoms with E-state index in [0.717, 1.165) is 19.5 Å². The molecule has 0 saturated carbocycles. The molecule has 120 valence electrons. The first-order valence-corrected chi connectivity index (χ1v) is 9.01. The average Bonchev–Trinajstić information content (AvgIpc) is 2.90. The molecule has 1 aliphatic heterocycles. The third-order valence-corrected chi connectivity index (χ3v) is 5.02. The SMILES string of the molecule is CSC(C)C(=O)NCC1CC(=O)N(CCc2ccccc2)C1. The van der Waals surface area contributed by atoms with Crippen molar-refractivity contribution in [1.29, 1.82) is 0 Å². The number of amides is 2. The summed E-state index contributed by atoms with van der Waals surface area (Å²) in [6, 6.07) is 10.2. The van der Waals surface area contributed by atoms with Crippen LogP contribution in [0.4, 0.5) is 0 Å². The van der Waals surface area contributed by atoms with Crippen LogP contribution in [0.1, 0.15) is 18.9 Å². The normalized spacial score (nSPS) is 19.3. The second-order valence-corrected chi connectivity index (χ2v) is 6.95. The third kappa shape index (κ3) is 4.77. The highest BCUT2D eigenvalue weighted by molar-refractivity contribution is 7.99. The molecule has 1 saturated heterocycles. The zero-order chi connectivity index (χ0) is 15.9. The van der Waals surface area contributed by atoms with Gasteiger partial charge >= 0.3 is 0 Å². The third-order valence-electron chi connectivity index (χ3n) is 4.10. The van der Waals surface area contributed by atoms with Crippen molar-refractivity contribution in [2.45, 2.75) is 25.0 Å². The van der Waals surface area contributed by atoms with Crippen LogP contribution >= 0.6 is 11.8 Å². The van der Waals surface area contributed by atoms with Crippen LogP contribution < -0.4 is 5.32 Å². The molecule has 0 aromatic heterocycles. The number of hydrogen-bond acceptors (Lipinski definition) is 3. The lowest BCUT2D eigenvalue weighted by Crippen LogP contribution is -2.35. The van der Waals surface area contributed by atoms with Crippen LogP contribution in [0.5, 0.6) is 0 Å². The monoisotopic (exact) mass is 320 g/mol. The summed E-state index contributed by atoms with van der Waals surface area (Å²) < 4.78 is 0. The number of carbonyl (C=O) groups is 2. The Labute approximate surface area is 136 Å². The first kappa shape index (κ1) is 16.9. The summed E-state index contributed by atoms with van der Waals surface area (Å²) in [5.74, 6) is 0.497. The molecular formula is C17H24N2O2S. The molecule has 1 aromatic carbocycles. The van der Waals surface area contributed by atoms with Crippen LogP contribution in [0.2, 0.25) is 0 Å². The zero-order valence-electron chi connectivity index (χ0n) is 13.2. The molecule has 1 fully saturated rings. The van der Waals surface area contributed by atoms with Gasteiger partial charge in [-0.05, 0) is 25.2 Å². The van der Waals surface area contributed by atoms with Crippen LogP contribution in [0, 0.1) is 5.92 Å². The molecule has 1 heterocycles. The van der Waals surface area contributed by atoms with Crippen molar-refractivity contribution in [3.63, 3.8) is 0 Å². The van der Waals surface area contributed by atoms with Gasteiger partial charge in [-0.25, -0.2) is 0 Å². The predicted molar refractivity (Wildman–Crippen MR) is 90.8 cm³/mol. The maximum Gasteiger partial charge on any atom is 0.232 e. The van der Waals surface area contributed by atoms with Gasteiger partial charge in [0.25, 0.3) is 0 Å². The molecule has 2 amide bonds. The molecule has 22 heavy (non-hydrogen) atoms. The van der Waals surface area contributed by atoms with E-state index in [1.165, 1.54) is 17.3 Å². The summed E-state index contributed by atoms with van der Waals surface area (Å²) in [6.07, 6.45) is 3.35. The Morgan fingerprint density at radius 3 is 2.82 bits per heavy atom. The summed E-state index contributed by atoms with van der Waals surface area (Å²) in [7, 11) is 0. The van der Waals surface area contributed by atoms with Crippen molar-refractivity contribution in [3.05, 3.63) is 35.9 Å². The van der Waals surface area contributed by atoms with Gasteiger partial charge in [0.15, 0.2) is 0 Å². The lowest BCUT2D eigenvalue weighted by molar-refractivity contribution is -0.127. The maximum atomic E-state index is 12.0. The van der Waals surface area contributed by atoms with Crippen LogP contribution in [0.25, 0.3) is 0 Å². The number of likely N-dealkylation sites (tertiary alicyclic amines) is 1. The predicted octanol–water partition coefficient (Wildman–Crippen LogP) is 1.95. The van der Waals surface area contributed by atoms with E-state index in [2.05, 4.69) is 17.4 Å². The fraction of sp³-hybridized carbons (Fsp3) is 0.529. The van der Waals surface area contributed by atoms with E-state index < -0.39 is 0 Å². The smallest absolute Gasteiger partial charge is 0.232 e. The Bertz CT molecular complexity index is 507. The van der Waals surface area contributed by atoms with Gasteiger partial charge in [0.1, 0.15) is 0 Å². The van der Waals surface area contributed by atoms with Crippen molar-refractivity contribution in [1.82, 2.24) is 10.2 Å². The molecule has 1 aliphatic rings. The highest BCUT2D eigenvalue weighted by atomic mass is 32.2. The highest BCUT2D eigenvalue weighted by Gasteiger charge is 2.29. The minimum absolute atomic E-state index is 0.0358. The number of nitrogens with zero attached hydrogens (tertiary/aromatic N) is 1. The van der Waals surface area contributed by atoms with Crippen LogP contribution in [-0.2, 0) is 16.0 Å². The number of hydrogen-bond donors (Lipinski definition) is 1. The Hall–Kier alpha value is -1.49. The molecule has 1 N–H and O–H groups in total. The van der Waals surface area contributed by atoms with E-state index >= 15 is 0 Å². The Kier molecular flexibility index (Phi) is 6.31. The van der Waals surface area contributed by atoms with Crippen molar-refractivity contribution in [2.24, 2.45) is 5.92 Å². The van der Waals surface area contributed by atoms with Gasteiger partial charge in [-0.3, -0.25) is 9.59 Å². The van der Waals surface area contributed by atoms with Crippen LogP contribution in [-0.4, -0.2) is 47.9 Å². The van der Waals surface area contributed by atoms with Crippen molar-refractivity contribution >= 4 is 23.6 Å². The molecule has 2 unspecified atom stereocenters. The lowest BCUT2D eigenvalue weighted by Gasteiger charge is -2.17. The first-order valence-electron chi connectivity index (χ1n) is 7.72. The standard InChI is InChI=1S/C17H24N2O2S/c1-13(22-2)17(21)18-11-15-10-16(20)19(12-15)9-8-14-6-4-3-5-7-14/h3-7,13,15H,8-12H2,1-2H3,(H,18,21). The van der Waals surface area contributed by atoms with E-state index in [1.54, 1.807) is 0 Å². The van der Waals surface area contributed by atoms with Gasteiger partial charge in [-0.15, -0.1) is 0 Å². The molecular weight excluding hydrogens is 296 g/mol. The minimum atomic E-state index is -0.0358. The Morgan fingerprint density at radius 1 is 1.41 bits per heavy atom. The van der Waals surface area contributed by atoms with Gasteiger partial charge in [0, 0.05) is 32.0 Å². The summed E-state index contributed by atoms with van der Waals surface area (Å²) in [5.41, 5.74) is 1.25. The summed E-state index contributed by atoms with van der Waals surface area (Å²) >= 11 is 1.53. The zero-order valence-corrected chi connectivity index (χ0v) is 14.1. The molecule has 5 heteroatoms. The Morgan fingerprint density at radius 2 is 2.14 bits per heavy atom. The minimum Gasteiger partial charge on any atom is -0.355 e. The first-order chi connectivity index (χ1) is 10.6. The number of benzene rings is 1. The molecule has 0 bridgehead atoms. The number of rotatable bonds is 7. The Balaban J connectivity index is 1.75. The molecule has 2 rings (SSSR count). The molecule has 0 radical (unpaired) electrons. The van der Waals surface area contributed by atoms with Gasteiger partial charge < -0.3 is 10.2 Å². The number of carbonyl (C=O) groups excluding carboxylic acids is 2. The largest absolute Gasteiger partial charge is 0.355 e. The molecule has 2 atom stereocenters. The highest BCUT2D eigenvalue weighted by Crippen LogP contribution is 2.18. The van der Waals surface area contributed by atoms with Crippen molar-refractivity contribution < 1.29 is 9.59 Å². The lowest BCUT2D eigenvalue weighted by atomic mass is 10.1. The van der Waals surface area contributed by atoms with E-state index in [-0.39, 0.29) is 23.0 Å². The molecule has 1 aromatic rings. The van der Waals surface area contributed by atoms with Gasteiger partial charge in [-0.2, -0.15) is 11.8 Å². The van der Waals surface area contributed by atoms with Crippen molar-refractivity contribution in [2.75, 3.05) is 25.9 Å². The average molecular weight is 320 g/mol. The molecule has 0 spiro atoms. The fourth-order valence-corrected chi connectivity index (χ4v) is 2.91. The number of nitrogens with one attached hydrogen (secondary N) is 1. The van der Waals surface area contributed by atoms with Crippen LogP contribution in [0.15, 0.2) is 30.3 Å². The van der Waals surface area contributed by atoms with Crippen LogP contribution in [0.3, 0.4) is 0 Å². The topological polar surface area (TPSA) is 49.4 Å². The fourth-order valence-electron chi connectivity index (χ4n) is 2.61. The van der Waals surface area contributed by atoms with E-state index in [0.29, 0.717) is 13.0 Å². The maximum absolute atomic E-state index is 12.0. The summed E-state index contributed by atoms with van der Waals surface area (Å²) in [6.45, 7) is 4.00. The second kappa shape index (κ2) is 8.22. The molecule has 4 nitrogen and oxygen atoms in total. The second-order valence-electron chi connectivity index (χ2n) is 5.77.